The second kappa shape index (κ2) is 5.07. The number of pyridine rings is 1. The van der Waals surface area contributed by atoms with Crippen LogP contribution in [-0.4, -0.2) is 18.6 Å². The van der Waals surface area contributed by atoms with E-state index in [1.807, 2.05) is 6.92 Å². The molecule has 2 N–H and O–H groups in total. The Hall–Kier alpha value is -1.16. The summed E-state index contributed by atoms with van der Waals surface area (Å²) in [6.07, 6.45) is 4.20. The van der Waals surface area contributed by atoms with Gasteiger partial charge in [0.2, 0.25) is 0 Å². The molecule has 0 fully saturated rings. The van der Waals surface area contributed by atoms with Crippen molar-refractivity contribution in [1.29, 1.82) is 0 Å². The third-order valence-corrected chi connectivity index (χ3v) is 2.44. The molecule has 84 valence electrons. The number of rotatable bonds is 5. The molecule has 0 aliphatic carbocycles. The molecule has 1 unspecified atom stereocenters. The molecule has 0 aliphatic heterocycles. The number of ether oxygens (including phenoxy) is 1. The van der Waals surface area contributed by atoms with Gasteiger partial charge in [-0.2, -0.15) is 0 Å². The molecule has 1 aromatic heterocycles. The Morgan fingerprint density at radius 2 is 2.27 bits per heavy atom. The number of nitrogens with two attached hydrogens (primary N) is 1. The van der Waals surface area contributed by atoms with Crippen LogP contribution >= 0.6 is 0 Å². The predicted molar refractivity (Wildman–Crippen MR) is 57.5 cm³/mol. The van der Waals surface area contributed by atoms with Crippen molar-refractivity contribution in [3.63, 3.8) is 0 Å². The van der Waals surface area contributed by atoms with E-state index in [1.54, 1.807) is 12.3 Å². The minimum Gasteiger partial charge on any atom is -0.495 e. The summed E-state index contributed by atoms with van der Waals surface area (Å²) in [7, 11) is 1.53. The first-order chi connectivity index (χ1) is 7.16. The van der Waals surface area contributed by atoms with Crippen LogP contribution in [0.2, 0.25) is 0 Å². The summed E-state index contributed by atoms with van der Waals surface area (Å²) >= 11 is 0. The molecule has 3 nitrogen and oxygen atoms in total. The van der Waals surface area contributed by atoms with Crippen LogP contribution in [0.15, 0.2) is 18.5 Å². The first kappa shape index (κ1) is 11.9. The van der Waals surface area contributed by atoms with Gasteiger partial charge in [-0.05, 0) is 12.5 Å². The highest BCUT2D eigenvalue weighted by molar-refractivity contribution is 5.28. The minimum atomic E-state index is -1.49. The Bertz CT molecular complexity index is 319. The molecule has 0 bridgehead atoms. The van der Waals surface area contributed by atoms with Gasteiger partial charge >= 0.3 is 0 Å². The zero-order valence-electron chi connectivity index (χ0n) is 9.16. The van der Waals surface area contributed by atoms with Crippen molar-refractivity contribution in [3.05, 3.63) is 24.0 Å². The number of methoxy groups -OCH3 is 1. The molecular formula is C11H17FN2O. The number of aromatic nitrogens is 1. The third-order valence-electron chi connectivity index (χ3n) is 2.44. The monoisotopic (exact) mass is 212 g/mol. The van der Waals surface area contributed by atoms with Gasteiger partial charge in [0.25, 0.3) is 0 Å². The van der Waals surface area contributed by atoms with E-state index in [9.17, 15) is 4.39 Å². The molecule has 0 spiro atoms. The molecule has 0 amide bonds. The van der Waals surface area contributed by atoms with Gasteiger partial charge in [-0.1, -0.05) is 13.3 Å². The number of nitrogens with zero attached hydrogens (tertiary/aromatic N) is 1. The molecule has 0 saturated carbocycles. The Morgan fingerprint density at radius 3 is 2.80 bits per heavy atom. The van der Waals surface area contributed by atoms with E-state index in [4.69, 9.17) is 10.5 Å². The fraction of sp³-hybridized carbons (Fsp3) is 0.545. The summed E-state index contributed by atoms with van der Waals surface area (Å²) in [6, 6.07) is 1.65. The van der Waals surface area contributed by atoms with Crippen molar-refractivity contribution in [2.75, 3.05) is 13.7 Å². The van der Waals surface area contributed by atoms with Gasteiger partial charge in [0.15, 0.2) is 0 Å². The average molecular weight is 212 g/mol. The first-order valence-corrected chi connectivity index (χ1v) is 5.04. The lowest BCUT2D eigenvalue weighted by atomic mass is 9.92. The highest BCUT2D eigenvalue weighted by Gasteiger charge is 2.29. The number of halogens is 1. The average Bonchev–Trinajstić information content (AvgIpc) is 2.29. The molecule has 1 aromatic rings. The van der Waals surface area contributed by atoms with Crippen LogP contribution in [0.25, 0.3) is 0 Å². The molecule has 1 rings (SSSR count). The Kier molecular flexibility index (Phi) is 4.03. The molecule has 1 heterocycles. The molecule has 0 aromatic carbocycles. The van der Waals surface area contributed by atoms with Crippen molar-refractivity contribution >= 4 is 0 Å². The normalized spacial score (nSPS) is 14.7. The van der Waals surface area contributed by atoms with E-state index in [2.05, 4.69) is 4.98 Å². The van der Waals surface area contributed by atoms with Crippen LogP contribution in [0, 0.1) is 0 Å². The van der Waals surface area contributed by atoms with Crippen LogP contribution < -0.4 is 10.5 Å². The fourth-order valence-electron chi connectivity index (χ4n) is 1.54. The van der Waals surface area contributed by atoms with Crippen LogP contribution in [0.4, 0.5) is 4.39 Å². The predicted octanol–water partition coefficient (Wildman–Crippen LogP) is 2.01. The van der Waals surface area contributed by atoms with E-state index >= 15 is 0 Å². The SMILES string of the molecule is CCCC(F)(CN)c1cncc(OC)c1. The minimum absolute atomic E-state index is 0.0321. The summed E-state index contributed by atoms with van der Waals surface area (Å²) in [6.45, 7) is 1.90. The Labute approximate surface area is 89.5 Å². The molecular weight excluding hydrogens is 195 g/mol. The van der Waals surface area contributed by atoms with Crippen molar-refractivity contribution < 1.29 is 9.13 Å². The van der Waals surface area contributed by atoms with E-state index in [0.717, 1.165) is 6.42 Å². The molecule has 0 aliphatic rings. The molecule has 1 atom stereocenters. The lowest BCUT2D eigenvalue weighted by Gasteiger charge is -2.23. The molecule has 15 heavy (non-hydrogen) atoms. The van der Waals surface area contributed by atoms with Crippen molar-refractivity contribution in [2.24, 2.45) is 5.73 Å². The zero-order valence-corrected chi connectivity index (χ0v) is 9.16. The van der Waals surface area contributed by atoms with Gasteiger partial charge < -0.3 is 10.5 Å². The van der Waals surface area contributed by atoms with Gasteiger partial charge in [-0.15, -0.1) is 0 Å². The van der Waals surface area contributed by atoms with Gasteiger partial charge in [-0.3, -0.25) is 4.98 Å². The second-order valence-electron chi connectivity index (χ2n) is 3.53. The summed E-state index contributed by atoms with van der Waals surface area (Å²) in [4.78, 5) is 3.93. The maximum Gasteiger partial charge on any atom is 0.149 e. The van der Waals surface area contributed by atoms with Gasteiger partial charge in [0, 0.05) is 18.3 Å². The highest BCUT2D eigenvalue weighted by atomic mass is 19.1. The topological polar surface area (TPSA) is 48.1 Å². The smallest absolute Gasteiger partial charge is 0.149 e. The number of alkyl halides is 1. The van der Waals surface area contributed by atoms with Crippen molar-refractivity contribution in [1.82, 2.24) is 4.98 Å². The van der Waals surface area contributed by atoms with Crippen molar-refractivity contribution in [3.8, 4) is 5.75 Å². The van der Waals surface area contributed by atoms with Crippen LogP contribution in [-0.2, 0) is 5.67 Å². The first-order valence-electron chi connectivity index (χ1n) is 5.04. The van der Waals surface area contributed by atoms with Gasteiger partial charge in [0.05, 0.1) is 13.3 Å². The second-order valence-corrected chi connectivity index (χ2v) is 3.53. The highest BCUT2D eigenvalue weighted by Crippen LogP contribution is 2.31. The van der Waals surface area contributed by atoms with Gasteiger partial charge in [-0.25, -0.2) is 4.39 Å². The number of hydrogen-bond acceptors (Lipinski definition) is 3. The lowest BCUT2D eigenvalue weighted by molar-refractivity contribution is 0.158. The van der Waals surface area contributed by atoms with Crippen LogP contribution in [0.1, 0.15) is 25.3 Å². The lowest BCUT2D eigenvalue weighted by Crippen LogP contribution is -2.30. The van der Waals surface area contributed by atoms with Crippen LogP contribution in [0.5, 0.6) is 5.75 Å². The summed E-state index contributed by atoms with van der Waals surface area (Å²) < 4.78 is 19.4. The number of hydrogen-bond donors (Lipinski definition) is 1. The van der Waals surface area contributed by atoms with E-state index in [0.29, 0.717) is 17.7 Å². The molecule has 0 saturated heterocycles. The maximum atomic E-state index is 14.3. The quantitative estimate of drug-likeness (QED) is 0.812. The Morgan fingerprint density at radius 1 is 1.53 bits per heavy atom. The molecule has 0 radical (unpaired) electrons. The van der Waals surface area contributed by atoms with Gasteiger partial charge in [0.1, 0.15) is 11.4 Å². The summed E-state index contributed by atoms with van der Waals surface area (Å²) in [5, 5.41) is 0. The van der Waals surface area contributed by atoms with E-state index < -0.39 is 5.67 Å². The standard InChI is InChI=1S/C11H17FN2O/c1-3-4-11(12,8-13)9-5-10(15-2)7-14-6-9/h5-7H,3-4,8,13H2,1-2H3. The summed E-state index contributed by atoms with van der Waals surface area (Å²) in [5.41, 5.74) is 4.48. The van der Waals surface area contributed by atoms with E-state index in [1.165, 1.54) is 13.3 Å². The fourth-order valence-corrected chi connectivity index (χ4v) is 1.54. The maximum absolute atomic E-state index is 14.3. The largest absolute Gasteiger partial charge is 0.495 e. The molecule has 4 heteroatoms. The van der Waals surface area contributed by atoms with Crippen LogP contribution in [0.3, 0.4) is 0 Å². The van der Waals surface area contributed by atoms with Crippen molar-refractivity contribution in [2.45, 2.75) is 25.4 Å². The third kappa shape index (κ3) is 2.65. The Balaban J connectivity index is 3.00. The van der Waals surface area contributed by atoms with E-state index in [-0.39, 0.29) is 6.54 Å². The zero-order chi connectivity index (χ0) is 11.3. The summed E-state index contributed by atoms with van der Waals surface area (Å²) in [5.74, 6) is 0.555.